The number of carbonyl (C=O) groups is 1. The Bertz CT molecular complexity index is 657. The van der Waals surface area contributed by atoms with E-state index < -0.39 is 6.10 Å². The molecular formula is C18H24N4O2. The molecule has 1 aromatic heterocycles. The van der Waals surface area contributed by atoms with E-state index in [-0.39, 0.29) is 12.5 Å². The van der Waals surface area contributed by atoms with Crippen LogP contribution < -0.4 is 5.32 Å². The maximum atomic E-state index is 11.8. The van der Waals surface area contributed by atoms with Crippen LogP contribution in [-0.4, -0.2) is 51.6 Å². The van der Waals surface area contributed by atoms with Crippen LogP contribution in [0.1, 0.15) is 23.4 Å². The Balaban J connectivity index is 1.37. The predicted molar refractivity (Wildman–Crippen MR) is 91.3 cm³/mol. The van der Waals surface area contributed by atoms with Crippen molar-refractivity contribution in [2.75, 3.05) is 19.6 Å². The lowest BCUT2D eigenvalue weighted by molar-refractivity contribution is -0.121. The molecule has 0 fully saturated rings. The summed E-state index contributed by atoms with van der Waals surface area (Å²) in [6, 6.07) is 8.44. The lowest BCUT2D eigenvalue weighted by Crippen LogP contribution is -2.42. The maximum absolute atomic E-state index is 11.8. The number of hydrogen-bond acceptors (Lipinski definition) is 4. The largest absolute Gasteiger partial charge is 0.390 e. The normalized spacial score (nSPS) is 15.7. The van der Waals surface area contributed by atoms with Crippen LogP contribution in [0.3, 0.4) is 0 Å². The molecule has 2 aromatic rings. The van der Waals surface area contributed by atoms with E-state index in [1.807, 2.05) is 0 Å². The van der Waals surface area contributed by atoms with Crippen LogP contribution in [0.2, 0.25) is 0 Å². The van der Waals surface area contributed by atoms with Crippen LogP contribution in [0.25, 0.3) is 0 Å². The molecule has 24 heavy (non-hydrogen) atoms. The average molecular weight is 328 g/mol. The number of carbonyl (C=O) groups excluding carboxylic acids is 1. The standard InChI is InChI=1S/C18H24N4O2/c23-16(11-21-18(24)6-5-17-19-8-9-20-17)13-22-10-7-14-3-1-2-4-15(14)12-22/h1-4,8-9,16,23H,5-7,10-13H2,(H,19,20)(H,21,24)/t16-/m0/s1. The summed E-state index contributed by atoms with van der Waals surface area (Å²) in [5.41, 5.74) is 2.73. The van der Waals surface area contributed by atoms with Crippen LogP contribution in [0.15, 0.2) is 36.7 Å². The number of aromatic amines is 1. The van der Waals surface area contributed by atoms with Gasteiger partial charge in [-0.1, -0.05) is 24.3 Å². The van der Waals surface area contributed by atoms with Gasteiger partial charge in [-0.2, -0.15) is 0 Å². The summed E-state index contributed by atoms with van der Waals surface area (Å²) in [6.07, 6.45) is 4.83. The quantitative estimate of drug-likeness (QED) is 0.705. The molecule has 1 atom stereocenters. The zero-order valence-electron chi connectivity index (χ0n) is 13.7. The number of nitrogens with zero attached hydrogens (tertiary/aromatic N) is 2. The van der Waals surface area contributed by atoms with Crippen molar-refractivity contribution in [2.45, 2.75) is 31.9 Å². The monoisotopic (exact) mass is 328 g/mol. The number of H-pyrrole nitrogens is 1. The fourth-order valence-electron chi connectivity index (χ4n) is 3.06. The van der Waals surface area contributed by atoms with Crippen molar-refractivity contribution in [1.82, 2.24) is 20.2 Å². The number of hydrogen-bond donors (Lipinski definition) is 3. The highest BCUT2D eigenvalue weighted by atomic mass is 16.3. The number of fused-ring (bicyclic) bond motifs is 1. The number of amides is 1. The summed E-state index contributed by atoms with van der Waals surface area (Å²) < 4.78 is 0. The highest BCUT2D eigenvalue weighted by Gasteiger charge is 2.18. The minimum absolute atomic E-state index is 0.0607. The van der Waals surface area contributed by atoms with E-state index in [1.165, 1.54) is 11.1 Å². The second kappa shape index (κ2) is 8.08. The van der Waals surface area contributed by atoms with Gasteiger partial charge in [0, 0.05) is 51.4 Å². The Morgan fingerprint density at radius 2 is 2.21 bits per heavy atom. The number of aryl methyl sites for hydroxylation is 1. The highest BCUT2D eigenvalue weighted by Crippen LogP contribution is 2.18. The van der Waals surface area contributed by atoms with Gasteiger partial charge in [0.25, 0.3) is 0 Å². The second-order valence-corrected chi connectivity index (χ2v) is 6.25. The topological polar surface area (TPSA) is 81.2 Å². The van der Waals surface area contributed by atoms with Crippen LogP contribution in [0.5, 0.6) is 0 Å². The van der Waals surface area contributed by atoms with Crippen molar-refractivity contribution >= 4 is 5.91 Å². The molecule has 1 aliphatic rings. The molecule has 128 valence electrons. The minimum atomic E-state index is -0.553. The second-order valence-electron chi connectivity index (χ2n) is 6.25. The van der Waals surface area contributed by atoms with Crippen molar-refractivity contribution in [3.8, 4) is 0 Å². The molecule has 0 saturated carbocycles. The van der Waals surface area contributed by atoms with Gasteiger partial charge >= 0.3 is 0 Å². The van der Waals surface area contributed by atoms with Crippen molar-refractivity contribution in [3.63, 3.8) is 0 Å². The number of nitrogens with one attached hydrogen (secondary N) is 2. The first kappa shape index (κ1) is 16.7. The van der Waals surface area contributed by atoms with Crippen LogP contribution in [0.4, 0.5) is 0 Å². The van der Waals surface area contributed by atoms with Crippen molar-refractivity contribution in [3.05, 3.63) is 53.6 Å². The first-order valence-corrected chi connectivity index (χ1v) is 8.43. The van der Waals surface area contributed by atoms with Gasteiger partial charge in [-0.3, -0.25) is 9.69 Å². The molecule has 6 nitrogen and oxygen atoms in total. The minimum Gasteiger partial charge on any atom is -0.390 e. The molecular weight excluding hydrogens is 304 g/mol. The molecule has 2 heterocycles. The molecule has 3 N–H and O–H groups in total. The Morgan fingerprint density at radius 1 is 1.38 bits per heavy atom. The lowest BCUT2D eigenvalue weighted by Gasteiger charge is -2.30. The fourth-order valence-corrected chi connectivity index (χ4v) is 3.06. The van der Waals surface area contributed by atoms with E-state index in [2.05, 4.69) is 44.5 Å². The Hall–Kier alpha value is -2.18. The van der Waals surface area contributed by atoms with Gasteiger partial charge < -0.3 is 15.4 Å². The van der Waals surface area contributed by atoms with E-state index in [9.17, 15) is 9.90 Å². The smallest absolute Gasteiger partial charge is 0.220 e. The SMILES string of the molecule is O=C(CCc1ncc[nH]1)NC[C@H](O)CN1CCc2ccccc2C1. The zero-order valence-corrected chi connectivity index (χ0v) is 13.7. The number of benzene rings is 1. The molecule has 1 aromatic carbocycles. The summed E-state index contributed by atoms with van der Waals surface area (Å²) in [4.78, 5) is 21.1. The van der Waals surface area contributed by atoms with Crippen molar-refractivity contribution in [1.29, 1.82) is 0 Å². The van der Waals surface area contributed by atoms with Crippen molar-refractivity contribution < 1.29 is 9.90 Å². The van der Waals surface area contributed by atoms with Crippen LogP contribution >= 0.6 is 0 Å². The predicted octanol–water partition coefficient (Wildman–Crippen LogP) is 0.878. The summed E-state index contributed by atoms with van der Waals surface area (Å²) in [6.45, 7) is 2.67. The Kier molecular flexibility index (Phi) is 5.61. The van der Waals surface area contributed by atoms with Gasteiger partial charge in [-0.25, -0.2) is 4.98 Å². The molecule has 0 radical (unpaired) electrons. The van der Waals surface area contributed by atoms with Gasteiger partial charge in [0.1, 0.15) is 5.82 Å². The van der Waals surface area contributed by atoms with Crippen LogP contribution in [0, 0.1) is 0 Å². The number of imidazole rings is 1. The van der Waals surface area contributed by atoms with E-state index in [0.717, 1.165) is 25.3 Å². The molecule has 0 bridgehead atoms. The summed E-state index contributed by atoms with van der Waals surface area (Å²) >= 11 is 0. The van der Waals surface area contributed by atoms with Crippen molar-refractivity contribution in [2.24, 2.45) is 0 Å². The molecule has 6 heteroatoms. The number of aromatic nitrogens is 2. The summed E-state index contributed by atoms with van der Waals surface area (Å²) in [5, 5.41) is 13.0. The average Bonchev–Trinajstić information content (AvgIpc) is 3.11. The fraction of sp³-hybridized carbons (Fsp3) is 0.444. The third-order valence-electron chi connectivity index (χ3n) is 4.36. The lowest BCUT2D eigenvalue weighted by atomic mass is 10.00. The first-order valence-electron chi connectivity index (χ1n) is 8.43. The number of rotatable bonds is 7. The summed E-state index contributed by atoms with van der Waals surface area (Å²) in [5.74, 6) is 0.743. The third kappa shape index (κ3) is 4.66. The van der Waals surface area contributed by atoms with Crippen LogP contribution in [-0.2, 0) is 24.2 Å². The number of β-amino-alcohol motifs (C(OH)–C–C–N with tert-alkyl or cyclic N) is 1. The van der Waals surface area contributed by atoms with Gasteiger partial charge in [0.2, 0.25) is 5.91 Å². The first-order chi connectivity index (χ1) is 11.7. The molecule has 0 aliphatic carbocycles. The van der Waals surface area contributed by atoms with Gasteiger partial charge in [0.15, 0.2) is 0 Å². The molecule has 0 unspecified atom stereocenters. The van der Waals surface area contributed by atoms with E-state index in [0.29, 0.717) is 19.4 Å². The molecule has 0 spiro atoms. The van der Waals surface area contributed by atoms with Gasteiger partial charge in [0.05, 0.1) is 6.10 Å². The molecule has 1 aliphatic heterocycles. The summed E-state index contributed by atoms with van der Waals surface area (Å²) in [7, 11) is 0. The highest BCUT2D eigenvalue weighted by molar-refractivity contribution is 5.76. The zero-order chi connectivity index (χ0) is 16.8. The Morgan fingerprint density at radius 3 is 3.00 bits per heavy atom. The molecule has 1 amide bonds. The Labute approximate surface area is 141 Å². The third-order valence-corrected chi connectivity index (χ3v) is 4.36. The molecule has 0 saturated heterocycles. The van der Waals surface area contributed by atoms with Gasteiger partial charge in [-0.05, 0) is 17.5 Å². The van der Waals surface area contributed by atoms with Gasteiger partial charge in [-0.15, -0.1) is 0 Å². The van der Waals surface area contributed by atoms with E-state index >= 15 is 0 Å². The van der Waals surface area contributed by atoms with E-state index in [1.54, 1.807) is 12.4 Å². The number of aliphatic hydroxyl groups excluding tert-OH is 1. The number of aliphatic hydroxyl groups is 1. The molecule has 3 rings (SSSR count). The maximum Gasteiger partial charge on any atom is 0.220 e. The van der Waals surface area contributed by atoms with E-state index in [4.69, 9.17) is 0 Å².